The first-order chi connectivity index (χ1) is 13.8. The number of hydrogen-bond donors (Lipinski definition) is 1. The molecule has 1 heterocycles. The van der Waals surface area contributed by atoms with Gasteiger partial charge < -0.3 is 14.7 Å². The fourth-order valence-electron chi connectivity index (χ4n) is 3.70. The van der Waals surface area contributed by atoms with Crippen LogP contribution >= 0.6 is 23.2 Å². The summed E-state index contributed by atoms with van der Waals surface area (Å²) in [5.41, 5.74) is 1.58. The molecule has 0 aliphatic carbocycles. The van der Waals surface area contributed by atoms with Crippen molar-refractivity contribution in [3.05, 3.63) is 69.7 Å². The summed E-state index contributed by atoms with van der Waals surface area (Å²) < 4.78 is 5.92. The van der Waals surface area contributed by atoms with Crippen molar-refractivity contribution in [2.24, 2.45) is 5.92 Å². The predicted octanol–water partition coefficient (Wildman–Crippen LogP) is 5.13. The largest absolute Gasteiger partial charge is 0.480 e. The molecule has 0 saturated carbocycles. The van der Waals surface area contributed by atoms with Crippen LogP contribution in [0.1, 0.15) is 43.5 Å². The minimum absolute atomic E-state index is 0.103. The molecule has 2 aromatic carbocycles. The summed E-state index contributed by atoms with van der Waals surface area (Å²) >= 11 is 12.1. The number of amides is 1. The van der Waals surface area contributed by atoms with Gasteiger partial charge in [-0.05, 0) is 47.7 Å². The van der Waals surface area contributed by atoms with Gasteiger partial charge in [-0.3, -0.25) is 4.79 Å². The van der Waals surface area contributed by atoms with E-state index in [-0.39, 0.29) is 18.4 Å². The van der Waals surface area contributed by atoms with Crippen LogP contribution in [-0.2, 0) is 14.3 Å². The summed E-state index contributed by atoms with van der Waals surface area (Å²) in [6.07, 6.45) is -0.182. The summed E-state index contributed by atoms with van der Waals surface area (Å²) in [7, 11) is 0. The second kappa shape index (κ2) is 9.16. The maximum absolute atomic E-state index is 12.9. The highest BCUT2D eigenvalue weighted by molar-refractivity contribution is 6.30. The molecule has 0 spiro atoms. The number of ether oxygens (including phenoxy) is 1. The van der Waals surface area contributed by atoms with E-state index in [1.54, 1.807) is 36.4 Å². The van der Waals surface area contributed by atoms with Gasteiger partial charge in [-0.2, -0.15) is 0 Å². The van der Waals surface area contributed by atoms with Crippen LogP contribution in [-0.4, -0.2) is 34.5 Å². The molecule has 29 heavy (non-hydrogen) atoms. The first kappa shape index (κ1) is 21.6. The second-order valence-electron chi connectivity index (χ2n) is 7.56. The normalized spacial score (nSPS) is 20.7. The Labute approximate surface area is 180 Å². The van der Waals surface area contributed by atoms with E-state index in [0.29, 0.717) is 16.5 Å². The third-order valence-corrected chi connectivity index (χ3v) is 5.49. The Morgan fingerprint density at radius 2 is 1.59 bits per heavy atom. The van der Waals surface area contributed by atoms with Crippen molar-refractivity contribution in [2.75, 3.05) is 6.61 Å². The smallest absolute Gasteiger partial charge is 0.326 e. The van der Waals surface area contributed by atoms with Crippen molar-refractivity contribution in [3.8, 4) is 0 Å². The molecular formula is C22H23Cl2NO4. The number of nitrogens with zero attached hydrogens (tertiary/aromatic N) is 1. The average molecular weight is 436 g/mol. The van der Waals surface area contributed by atoms with Crippen molar-refractivity contribution in [3.63, 3.8) is 0 Å². The lowest BCUT2D eigenvalue weighted by Crippen LogP contribution is -2.53. The second-order valence-corrected chi connectivity index (χ2v) is 8.44. The van der Waals surface area contributed by atoms with E-state index in [1.165, 1.54) is 4.90 Å². The number of rotatable bonds is 6. The zero-order valence-corrected chi connectivity index (χ0v) is 17.7. The first-order valence-corrected chi connectivity index (χ1v) is 10.2. The number of morpholine rings is 1. The van der Waals surface area contributed by atoms with Gasteiger partial charge >= 0.3 is 5.97 Å². The molecule has 154 valence electrons. The maximum Gasteiger partial charge on any atom is 0.326 e. The molecule has 1 saturated heterocycles. The van der Waals surface area contributed by atoms with E-state index >= 15 is 0 Å². The van der Waals surface area contributed by atoms with Gasteiger partial charge in [0.2, 0.25) is 5.91 Å². The highest BCUT2D eigenvalue weighted by atomic mass is 35.5. The Bertz CT molecular complexity index is 867. The number of carboxylic acids is 1. The van der Waals surface area contributed by atoms with Gasteiger partial charge in [0, 0.05) is 10.0 Å². The van der Waals surface area contributed by atoms with Crippen LogP contribution in [0.25, 0.3) is 0 Å². The standard InChI is InChI=1S/C22H23Cl2NO4/c1-13(2)11-18(22(27)28)25-19(26)12-29-21(15-5-9-17(24)10-6-15)20(25)14-3-7-16(23)8-4-14/h3-10,13,18,20-21H,11-12H2,1-2H3,(H,27,28)/t18-,20+,21-/m1/s1. The topological polar surface area (TPSA) is 66.8 Å². The summed E-state index contributed by atoms with van der Waals surface area (Å²) in [6.45, 7) is 3.70. The fourth-order valence-corrected chi connectivity index (χ4v) is 3.95. The lowest BCUT2D eigenvalue weighted by atomic mass is 9.90. The molecule has 3 rings (SSSR count). The lowest BCUT2D eigenvalue weighted by Gasteiger charge is -2.44. The molecule has 0 unspecified atom stereocenters. The van der Waals surface area contributed by atoms with E-state index in [2.05, 4.69) is 0 Å². The first-order valence-electron chi connectivity index (χ1n) is 9.44. The van der Waals surface area contributed by atoms with Gasteiger partial charge in [-0.15, -0.1) is 0 Å². The van der Waals surface area contributed by atoms with Gasteiger partial charge in [0.15, 0.2) is 0 Å². The van der Waals surface area contributed by atoms with Crippen LogP contribution in [0.4, 0.5) is 0 Å². The molecule has 3 atom stereocenters. The number of aliphatic carboxylic acids is 1. The van der Waals surface area contributed by atoms with Crippen molar-refractivity contribution in [2.45, 2.75) is 38.5 Å². The van der Waals surface area contributed by atoms with Gasteiger partial charge in [-0.1, -0.05) is 61.3 Å². The Kier molecular flexibility index (Phi) is 6.83. The minimum atomic E-state index is -1.03. The van der Waals surface area contributed by atoms with Gasteiger partial charge in [0.1, 0.15) is 18.8 Å². The third kappa shape index (κ3) is 4.92. The summed E-state index contributed by atoms with van der Waals surface area (Å²) in [4.78, 5) is 26.5. The van der Waals surface area contributed by atoms with Crippen LogP contribution in [0.5, 0.6) is 0 Å². The van der Waals surface area contributed by atoms with Crippen molar-refractivity contribution in [1.82, 2.24) is 4.90 Å². The van der Waals surface area contributed by atoms with E-state index in [4.69, 9.17) is 27.9 Å². The predicted molar refractivity (Wildman–Crippen MR) is 112 cm³/mol. The Morgan fingerprint density at radius 3 is 2.07 bits per heavy atom. The van der Waals surface area contributed by atoms with E-state index < -0.39 is 24.2 Å². The monoisotopic (exact) mass is 435 g/mol. The SMILES string of the molecule is CC(C)C[C@H](C(=O)O)N1C(=O)CO[C@H](c2ccc(Cl)cc2)[C@@H]1c1ccc(Cl)cc1. The van der Waals surface area contributed by atoms with E-state index in [1.807, 2.05) is 26.0 Å². The van der Waals surface area contributed by atoms with Crippen LogP contribution in [0, 0.1) is 5.92 Å². The molecule has 7 heteroatoms. The van der Waals surface area contributed by atoms with Crippen LogP contribution in [0.2, 0.25) is 10.0 Å². The van der Waals surface area contributed by atoms with E-state index in [9.17, 15) is 14.7 Å². The highest BCUT2D eigenvalue weighted by Gasteiger charge is 2.44. The van der Waals surface area contributed by atoms with Gasteiger partial charge in [0.05, 0.1) is 6.04 Å². The van der Waals surface area contributed by atoms with Gasteiger partial charge in [0.25, 0.3) is 0 Å². The lowest BCUT2D eigenvalue weighted by molar-refractivity contribution is -0.172. The molecule has 1 fully saturated rings. The van der Waals surface area contributed by atoms with Gasteiger partial charge in [-0.25, -0.2) is 4.79 Å². The fraction of sp³-hybridized carbons (Fsp3) is 0.364. The molecule has 0 radical (unpaired) electrons. The molecule has 0 aromatic heterocycles. The number of carboxylic acid groups (broad SMARTS) is 1. The number of carbonyl (C=O) groups excluding carboxylic acids is 1. The molecule has 0 bridgehead atoms. The Balaban J connectivity index is 2.11. The summed E-state index contributed by atoms with van der Waals surface area (Å²) in [5.74, 6) is -1.27. The van der Waals surface area contributed by atoms with Crippen LogP contribution < -0.4 is 0 Å². The Hall–Kier alpha value is -2.08. The number of benzene rings is 2. The number of halogens is 2. The number of hydrogen-bond acceptors (Lipinski definition) is 3. The molecule has 1 aliphatic rings. The van der Waals surface area contributed by atoms with Crippen LogP contribution in [0.3, 0.4) is 0 Å². The highest BCUT2D eigenvalue weighted by Crippen LogP contribution is 2.42. The molecule has 5 nitrogen and oxygen atoms in total. The average Bonchev–Trinajstić information content (AvgIpc) is 2.67. The zero-order chi connectivity index (χ0) is 21.1. The minimum Gasteiger partial charge on any atom is -0.480 e. The maximum atomic E-state index is 12.9. The van der Waals surface area contributed by atoms with E-state index in [0.717, 1.165) is 11.1 Å². The quantitative estimate of drug-likeness (QED) is 0.682. The van der Waals surface area contributed by atoms with Crippen molar-refractivity contribution < 1.29 is 19.4 Å². The Morgan fingerprint density at radius 1 is 1.07 bits per heavy atom. The summed E-state index contributed by atoms with van der Waals surface area (Å²) in [6, 6.07) is 12.7. The molecule has 2 aromatic rings. The van der Waals surface area contributed by atoms with Crippen LogP contribution in [0.15, 0.2) is 48.5 Å². The third-order valence-electron chi connectivity index (χ3n) is 4.99. The zero-order valence-electron chi connectivity index (χ0n) is 16.2. The summed E-state index contributed by atoms with van der Waals surface area (Å²) in [5, 5.41) is 11.1. The molecule has 1 aliphatic heterocycles. The van der Waals surface area contributed by atoms with Crippen molar-refractivity contribution >= 4 is 35.1 Å². The molecule has 1 N–H and O–H groups in total. The molecule has 1 amide bonds. The molecular weight excluding hydrogens is 413 g/mol. The van der Waals surface area contributed by atoms with Crippen molar-refractivity contribution in [1.29, 1.82) is 0 Å². The number of carbonyl (C=O) groups is 2.